The van der Waals surface area contributed by atoms with Gasteiger partial charge in [0.15, 0.2) is 0 Å². The summed E-state index contributed by atoms with van der Waals surface area (Å²) < 4.78 is 0. The van der Waals surface area contributed by atoms with E-state index in [1.54, 1.807) is 6.07 Å². The van der Waals surface area contributed by atoms with Crippen molar-refractivity contribution in [2.45, 2.75) is 20.8 Å². The first-order valence-corrected chi connectivity index (χ1v) is 7.23. The highest BCUT2D eigenvalue weighted by Gasteiger charge is 2.30. The third kappa shape index (κ3) is 3.03. The highest BCUT2D eigenvalue weighted by molar-refractivity contribution is 6.31. The van der Waals surface area contributed by atoms with Crippen LogP contribution in [0, 0.1) is 11.8 Å². The van der Waals surface area contributed by atoms with E-state index < -0.39 is 0 Å². The van der Waals surface area contributed by atoms with E-state index >= 15 is 0 Å². The number of anilines is 1. The van der Waals surface area contributed by atoms with E-state index in [0.29, 0.717) is 22.4 Å². The molecule has 0 bridgehead atoms. The number of likely N-dealkylation sites (tertiary alicyclic amines) is 1. The second-order valence-corrected chi connectivity index (χ2v) is 5.82. The van der Waals surface area contributed by atoms with Gasteiger partial charge in [-0.2, -0.15) is 0 Å². The van der Waals surface area contributed by atoms with E-state index in [-0.39, 0.29) is 5.91 Å². The van der Waals surface area contributed by atoms with Gasteiger partial charge in [-0.15, -0.1) is 0 Å². The van der Waals surface area contributed by atoms with Crippen LogP contribution in [0.1, 0.15) is 31.1 Å². The molecule has 1 aromatic rings. The average Bonchev–Trinajstić information content (AvgIpc) is 2.71. The summed E-state index contributed by atoms with van der Waals surface area (Å²) >= 11 is 6.03. The van der Waals surface area contributed by atoms with Gasteiger partial charge >= 0.3 is 0 Å². The molecule has 0 spiro atoms. The number of amides is 1. The lowest BCUT2D eigenvalue weighted by Crippen LogP contribution is -2.29. The van der Waals surface area contributed by atoms with Crippen molar-refractivity contribution in [2.75, 3.05) is 25.0 Å². The Morgan fingerprint density at radius 2 is 2.00 bits per heavy atom. The van der Waals surface area contributed by atoms with Crippen molar-refractivity contribution in [1.29, 1.82) is 0 Å². The molecule has 0 aromatic heterocycles. The van der Waals surface area contributed by atoms with Crippen LogP contribution in [-0.2, 0) is 0 Å². The summed E-state index contributed by atoms with van der Waals surface area (Å²) in [7, 11) is 0. The first-order chi connectivity index (χ1) is 9.02. The maximum atomic E-state index is 12.6. The van der Waals surface area contributed by atoms with Crippen LogP contribution >= 0.6 is 11.6 Å². The monoisotopic (exact) mass is 280 g/mol. The largest absolute Gasteiger partial charge is 0.385 e. The zero-order valence-electron chi connectivity index (χ0n) is 11.7. The van der Waals surface area contributed by atoms with Gasteiger partial charge in [0.2, 0.25) is 0 Å². The van der Waals surface area contributed by atoms with E-state index in [2.05, 4.69) is 19.2 Å². The number of nitrogens with zero attached hydrogens (tertiary/aromatic N) is 1. The van der Waals surface area contributed by atoms with Crippen LogP contribution in [0.2, 0.25) is 5.02 Å². The van der Waals surface area contributed by atoms with Crippen molar-refractivity contribution in [2.24, 2.45) is 11.8 Å². The number of rotatable bonds is 3. The summed E-state index contributed by atoms with van der Waals surface area (Å²) in [5.74, 6) is 1.20. The third-order valence-corrected chi connectivity index (χ3v) is 4.09. The van der Waals surface area contributed by atoms with E-state index in [0.717, 1.165) is 25.3 Å². The van der Waals surface area contributed by atoms with Crippen molar-refractivity contribution >= 4 is 23.2 Å². The fourth-order valence-corrected chi connectivity index (χ4v) is 2.68. The van der Waals surface area contributed by atoms with Crippen LogP contribution in [0.15, 0.2) is 18.2 Å². The number of hydrogen-bond acceptors (Lipinski definition) is 2. The minimum atomic E-state index is 0.0784. The summed E-state index contributed by atoms with van der Waals surface area (Å²) in [4.78, 5) is 14.5. The van der Waals surface area contributed by atoms with Gasteiger partial charge in [0.1, 0.15) is 0 Å². The maximum absolute atomic E-state index is 12.6. The SMILES string of the molecule is CCNc1ccc(Cl)cc1C(=O)N1CC(C)C(C)C1. The van der Waals surface area contributed by atoms with Gasteiger partial charge in [0.05, 0.1) is 5.56 Å². The molecule has 0 aliphatic carbocycles. The van der Waals surface area contributed by atoms with Crippen molar-refractivity contribution in [3.8, 4) is 0 Å². The van der Waals surface area contributed by atoms with Crippen LogP contribution in [0.3, 0.4) is 0 Å². The summed E-state index contributed by atoms with van der Waals surface area (Å²) in [5, 5.41) is 3.83. The molecule has 4 heteroatoms. The van der Waals surface area contributed by atoms with Gasteiger partial charge in [-0.25, -0.2) is 0 Å². The number of carbonyl (C=O) groups is 1. The smallest absolute Gasteiger partial charge is 0.256 e. The zero-order chi connectivity index (χ0) is 14.0. The second kappa shape index (κ2) is 5.83. The molecule has 1 saturated heterocycles. The van der Waals surface area contributed by atoms with Crippen molar-refractivity contribution in [3.63, 3.8) is 0 Å². The predicted molar refractivity (Wildman–Crippen MR) is 79.8 cm³/mol. The standard InChI is InChI=1S/C15H21ClN2O/c1-4-17-14-6-5-12(16)7-13(14)15(19)18-8-10(2)11(3)9-18/h5-7,10-11,17H,4,8-9H2,1-3H3. The Kier molecular flexibility index (Phi) is 4.35. The molecule has 19 heavy (non-hydrogen) atoms. The summed E-state index contributed by atoms with van der Waals surface area (Å²) in [6.07, 6.45) is 0. The molecule has 1 heterocycles. The lowest BCUT2D eigenvalue weighted by molar-refractivity contribution is 0.0786. The van der Waals surface area contributed by atoms with Crippen LogP contribution in [0.5, 0.6) is 0 Å². The Bertz CT molecular complexity index is 465. The Balaban J connectivity index is 2.25. The highest BCUT2D eigenvalue weighted by atomic mass is 35.5. The molecular weight excluding hydrogens is 260 g/mol. The first kappa shape index (κ1) is 14.2. The molecule has 1 amide bonds. The minimum Gasteiger partial charge on any atom is -0.385 e. The van der Waals surface area contributed by atoms with E-state index in [4.69, 9.17) is 11.6 Å². The van der Waals surface area contributed by atoms with Gasteiger partial charge < -0.3 is 10.2 Å². The summed E-state index contributed by atoms with van der Waals surface area (Å²) in [5.41, 5.74) is 1.54. The van der Waals surface area contributed by atoms with Crippen molar-refractivity contribution in [3.05, 3.63) is 28.8 Å². The lowest BCUT2D eigenvalue weighted by atomic mass is 10.0. The normalized spacial score (nSPS) is 22.6. The predicted octanol–water partition coefficient (Wildman–Crippen LogP) is 3.50. The Labute approximate surface area is 119 Å². The van der Waals surface area contributed by atoms with Gasteiger partial charge in [-0.05, 0) is 37.0 Å². The average molecular weight is 281 g/mol. The number of hydrogen-bond donors (Lipinski definition) is 1. The number of halogens is 1. The van der Waals surface area contributed by atoms with Crippen LogP contribution in [0.4, 0.5) is 5.69 Å². The molecule has 104 valence electrons. The summed E-state index contributed by atoms with van der Waals surface area (Å²) in [6, 6.07) is 5.45. The number of carbonyl (C=O) groups excluding carboxylic acids is 1. The number of benzene rings is 1. The van der Waals surface area contributed by atoms with Crippen LogP contribution in [-0.4, -0.2) is 30.4 Å². The topological polar surface area (TPSA) is 32.3 Å². The maximum Gasteiger partial charge on any atom is 0.256 e. The Morgan fingerprint density at radius 3 is 2.58 bits per heavy atom. The van der Waals surface area contributed by atoms with Crippen molar-refractivity contribution < 1.29 is 4.79 Å². The molecular formula is C15H21ClN2O. The molecule has 3 nitrogen and oxygen atoms in total. The molecule has 0 radical (unpaired) electrons. The molecule has 2 rings (SSSR count). The zero-order valence-corrected chi connectivity index (χ0v) is 12.5. The van der Waals surface area contributed by atoms with Gasteiger partial charge in [0, 0.05) is 30.3 Å². The van der Waals surface area contributed by atoms with Crippen LogP contribution in [0.25, 0.3) is 0 Å². The Hall–Kier alpha value is -1.22. The van der Waals surface area contributed by atoms with E-state index in [1.165, 1.54) is 0 Å². The molecule has 2 unspecified atom stereocenters. The number of nitrogens with one attached hydrogen (secondary N) is 1. The van der Waals surface area contributed by atoms with E-state index in [1.807, 2.05) is 24.0 Å². The molecule has 0 saturated carbocycles. The van der Waals surface area contributed by atoms with E-state index in [9.17, 15) is 4.79 Å². The molecule has 1 fully saturated rings. The molecule has 1 aromatic carbocycles. The molecule has 1 aliphatic heterocycles. The van der Waals surface area contributed by atoms with Crippen LogP contribution < -0.4 is 5.32 Å². The second-order valence-electron chi connectivity index (χ2n) is 5.38. The molecule has 1 N–H and O–H groups in total. The van der Waals surface area contributed by atoms with Gasteiger partial charge in [0.25, 0.3) is 5.91 Å². The first-order valence-electron chi connectivity index (χ1n) is 6.85. The Morgan fingerprint density at radius 1 is 1.37 bits per heavy atom. The minimum absolute atomic E-state index is 0.0784. The molecule has 2 atom stereocenters. The van der Waals surface area contributed by atoms with Crippen molar-refractivity contribution in [1.82, 2.24) is 4.90 Å². The highest BCUT2D eigenvalue weighted by Crippen LogP contribution is 2.27. The third-order valence-electron chi connectivity index (χ3n) is 3.85. The van der Waals surface area contributed by atoms with Gasteiger partial charge in [-0.1, -0.05) is 25.4 Å². The summed E-state index contributed by atoms with van der Waals surface area (Å²) in [6.45, 7) is 8.86. The molecule has 1 aliphatic rings. The fourth-order valence-electron chi connectivity index (χ4n) is 2.50. The fraction of sp³-hybridized carbons (Fsp3) is 0.533. The quantitative estimate of drug-likeness (QED) is 0.919. The lowest BCUT2D eigenvalue weighted by Gasteiger charge is -2.19. The van der Waals surface area contributed by atoms with Gasteiger partial charge in [-0.3, -0.25) is 4.79 Å².